The summed E-state index contributed by atoms with van der Waals surface area (Å²) >= 11 is 2.84. The van der Waals surface area contributed by atoms with E-state index >= 15 is 0 Å². The highest BCUT2D eigenvalue weighted by molar-refractivity contribution is 7.99. The summed E-state index contributed by atoms with van der Waals surface area (Å²) in [5.74, 6) is -0.507. The molecule has 0 saturated carbocycles. The third-order valence-corrected chi connectivity index (χ3v) is 8.04. The number of rotatable bonds is 8. The number of nitrogens with one attached hydrogen (secondary N) is 1. The minimum absolute atomic E-state index is 0.0622. The minimum atomic E-state index is -0.474. The summed E-state index contributed by atoms with van der Waals surface area (Å²) in [5, 5.41) is 1.24. The molecule has 7 nitrogen and oxygen atoms in total. The molecule has 0 amide bonds. The number of carbonyl (C=O) groups excluding carboxylic acids is 2. The summed E-state index contributed by atoms with van der Waals surface area (Å²) in [7, 11) is 0. The van der Waals surface area contributed by atoms with Gasteiger partial charge in [-0.3, -0.25) is 14.2 Å². The van der Waals surface area contributed by atoms with Crippen LogP contribution in [-0.4, -0.2) is 38.6 Å². The lowest BCUT2D eigenvalue weighted by molar-refractivity contribution is 0.0519. The number of hydrogen-bond acceptors (Lipinski definition) is 7. The van der Waals surface area contributed by atoms with E-state index in [0.717, 1.165) is 41.5 Å². The zero-order valence-corrected chi connectivity index (χ0v) is 20.7. The molecule has 3 aromatic heterocycles. The quantitative estimate of drug-likeness (QED) is 0.165. The Morgan fingerprint density at radius 1 is 1.30 bits per heavy atom. The van der Waals surface area contributed by atoms with Crippen molar-refractivity contribution in [3.63, 3.8) is 0 Å². The lowest BCUT2D eigenvalue weighted by atomic mass is 9.97. The highest BCUT2D eigenvalue weighted by Gasteiger charge is 2.25. The van der Waals surface area contributed by atoms with Gasteiger partial charge in [0.15, 0.2) is 10.9 Å². The minimum Gasteiger partial charge on any atom is -0.461 e. The number of H-pyrrole nitrogens is 1. The van der Waals surface area contributed by atoms with E-state index in [1.54, 1.807) is 42.8 Å². The van der Waals surface area contributed by atoms with E-state index in [4.69, 9.17) is 9.72 Å². The predicted octanol–water partition coefficient (Wildman–Crippen LogP) is 4.62. The van der Waals surface area contributed by atoms with E-state index in [2.05, 4.69) is 11.6 Å². The third-order valence-electron chi connectivity index (χ3n) is 5.88. The molecular formula is C24H27N3O4S2. The van der Waals surface area contributed by atoms with Crippen LogP contribution in [0.3, 0.4) is 0 Å². The van der Waals surface area contributed by atoms with Crippen molar-refractivity contribution in [2.45, 2.75) is 58.2 Å². The predicted molar refractivity (Wildman–Crippen MR) is 132 cm³/mol. The first-order chi connectivity index (χ1) is 15.9. The van der Waals surface area contributed by atoms with Crippen LogP contribution in [0, 0.1) is 13.8 Å². The molecule has 0 bridgehead atoms. The van der Waals surface area contributed by atoms with Gasteiger partial charge in [0, 0.05) is 22.7 Å². The Labute approximate surface area is 200 Å². The van der Waals surface area contributed by atoms with Gasteiger partial charge in [-0.2, -0.15) is 0 Å². The fourth-order valence-corrected chi connectivity index (χ4v) is 6.58. The molecular weight excluding hydrogens is 458 g/mol. The number of Topliss-reactive ketones (excluding diaryl/α,β-unsaturated/α-hetero) is 1. The van der Waals surface area contributed by atoms with Crippen LogP contribution >= 0.6 is 23.1 Å². The molecule has 4 rings (SSSR count). The summed E-state index contributed by atoms with van der Waals surface area (Å²) in [6, 6.07) is 0. The van der Waals surface area contributed by atoms with Gasteiger partial charge in [-0.1, -0.05) is 17.8 Å². The maximum absolute atomic E-state index is 13.4. The molecule has 0 fully saturated rings. The normalized spacial score (nSPS) is 13.2. The van der Waals surface area contributed by atoms with Gasteiger partial charge in [-0.25, -0.2) is 9.78 Å². The molecule has 0 aromatic carbocycles. The molecule has 1 aliphatic rings. The van der Waals surface area contributed by atoms with Crippen LogP contribution in [-0.2, 0) is 24.1 Å². The molecule has 0 aliphatic heterocycles. The van der Waals surface area contributed by atoms with E-state index in [-0.39, 0.29) is 23.7 Å². The molecule has 9 heteroatoms. The lowest BCUT2D eigenvalue weighted by Gasteiger charge is -2.12. The van der Waals surface area contributed by atoms with Crippen molar-refractivity contribution >= 4 is 45.1 Å². The lowest BCUT2D eigenvalue weighted by Crippen LogP contribution is -2.23. The first-order valence-corrected chi connectivity index (χ1v) is 12.9. The van der Waals surface area contributed by atoms with Gasteiger partial charge in [0.1, 0.15) is 10.5 Å². The number of aryl methyl sites for hydroxylation is 3. The van der Waals surface area contributed by atoms with Gasteiger partial charge in [-0.15, -0.1) is 17.9 Å². The van der Waals surface area contributed by atoms with Crippen LogP contribution in [0.2, 0.25) is 0 Å². The van der Waals surface area contributed by atoms with E-state index in [1.807, 2.05) is 0 Å². The SMILES string of the molecule is C=CCn1c(SCC(=O)c2c(C)[nH]c(C(=O)OCC)c2C)nc2sc3c(c2c1=O)CCCC3. The van der Waals surface area contributed by atoms with Crippen LogP contribution in [0.4, 0.5) is 0 Å². The van der Waals surface area contributed by atoms with Crippen LogP contribution in [0.15, 0.2) is 22.6 Å². The van der Waals surface area contributed by atoms with Gasteiger partial charge < -0.3 is 9.72 Å². The number of esters is 1. The van der Waals surface area contributed by atoms with Gasteiger partial charge in [0.05, 0.1) is 17.7 Å². The number of aromatic amines is 1. The van der Waals surface area contributed by atoms with Crippen molar-refractivity contribution in [3.8, 4) is 0 Å². The number of fused-ring (bicyclic) bond motifs is 3. The Morgan fingerprint density at radius 2 is 2.06 bits per heavy atom. The Balaban J connectivity index is 1.65. The first kappa shape index (κ1) is 23.5. The van der Waals surface area contributed by atoms with Crippen molar-refractivity contribution in [3.05, 3.63) is 56.0 Å². The van der Waals surface area contributed by atoms with Crippen molar-refractivity contribution in [2.75, 3.05) is 12.4 Å². The van der Waals surface area contributed by atoms with Crippen LogP contribution in [0.25, 0.3) is 10.2 Å². The molecule has 33 heavy (non-hydrogen) atoms. The van der Waals surface area contributed by atoms with Crippen molar-refractivity contribution in [1.82, 2.24) is 14.5 Å². The topological polar surface area (TPSA) is 94.1 Å². The summed E-state index contributed by atoms with van der Waals surface area (Å²) in [6.07, 6.45) is 5.81. The maximum atomic E-state index is 13.4. The highest BCUT2D eigenvalue weighted by Crippen LogP contribution is 2.35. The molecule has 1 aliphatic carbocycles. The number of allylic oxidation sites excluding steroid dienone is 1. The summed E-state index contributed by atoms with van der Waals surface area (Å²) < 4.78 is 6.68. The van der Waals surface area contributed by atoms with E-state index in [1.165, 1.54) is 16.6 Å². The number of carbonyl (C=O) groups is 2. The Bertz CT molecular complexity index is 1320. The standard InChI is InChI=1S/C24H27N3O4S2/c1-5-11-27-22(29)19-15-9-7-8-10-17(15)33-21(19)26-24(27)32-12-16(28)18-13(3)20(25-14(18)4)23(30)31-6-2/h5,25H,1,6-12H2,2-4H3. The molecule has 0 atom stereocenters. The molecule has 0 radical (unpaired) electrons. The smallest absolute Gasteiger partial charge is 0.355 e. The second-order valence-corrected chi connectivity index (χ2v) is 10.1. The van der Waals surface area contributed by atoms with E-state index < -0.39 is 5.97 Å². The van der Waals surface area contributed by atoms with Gasteiger partial charge in [0.2, 0.25) is 0 Å². The molecule has 0 saturated heterocycles. The van der Waals surface area contributed by atoms with Crippen LogP contribution in [0.5, 0.6) is 0 Å². The second kappa shape index (κ2) is 9.69. The van der Waals surface area contributed by atoms with Crippen molar-refractivity contribution in [2.24, 2.45) is 0 Å². The zero-order valence-electron chi connectivity index (χ0n) is 19.1. The van der Waals surface area contributed by atoms with Crippen LogP contribution in [0.1, 0.15) is 62.3 Å². The summed E-state index contributed by atoms with van der Waals surface area (Å²) in [5.41, 5.74) is 3.07. The number of hydrogen-bond donors (Lipinski definition) is 1. The van der Waals surface area contributed by atoms with Gasteiger partial charge >= 0.3 is 5.97 Å². The number of thiophene rings is 1. The fraction of sp³-hybridized carbons (Fsp3) is 0.417. The average Bonchev–Trinajstić information content (AvgIpc) is 3.31. The monoisotopic (exact) mass is 485 g/mol. The molecule has 0 spiro atoms. The largest absolute Gasteiger partial charge is 0.461 e. The van der Waals surface area contributed by atoms with Gasteiger partial charge in [-0.05, 0) is 57.6 Å². The number of ether oxygens (including phenoxy) is 1. The molecule has 3 aromatic rings. The van der Waals surface area contributed by atoms with Crippen molar-refractivity contribution in [1.29, 1.82) is 0 Å². The number of aromatic nitrogens is 3. The average molecular weight is 486 g/mol. The Morgan fingerprint density at radius 3 is 2.79 bits per heavy atom. The number of nitrogens with zero attached hydrogens (tertiary/aromatic N) is 2. The van der Waals surface area contributed by atoms with Gasteiger partial charge in [0.25, 0.3) is 5.56 Å². The molecule has 1 N–H and O–H groups in total. The van der Waals surface area contributed by atoms with E-state index in [0.29, 0.717) is 34.2 Å². The van der Waals surface area contributed by atoms with Crippen LogP contribution < -0.4 is 5.56 Å². The summed E-state index contributed by atoms with van der Waals surface area (Å²) in [6.45, 7) is 9.62. The molecule has 3 heterocycles. The van der Waals surface area contributed by atoms with Crippen molar-refractivity contribution < 1.29 is 14.3 Å². The number of thioether (sulfide) groups is 1. The Hall–Kier alpha value is -2.65. The second-order valence-electron chi connectivity index (χ2n) is 8.05. The number of ketones is 1. The van der Waals surface area contributed by atoms with E-state index in [9.17, 15) is 14.4 Å². The summed E-state index contributed by atoms with van der Waals surface area (Å²) in [4.78, 5) is 48.4. The highest BCUT2D eigenvalue weighted by atomic mass is 32.2. The third kappa shape index (κ3) is 4.31. The zero-order chi connectivity index (χ0) is 23.7. The molecule has 0 unspecified atom stereocenters. The fourth-order valence-electron chi connectivity index (χ4n) is 4.40. The maximum Gasteiger partial charge on any atom is 0.355 e. The Kier molecular flexibility index (Phi) is 6.90. The first-order valence-electron chi connectivity index (χ1n) is 11.1. The molecule has 174 valence electrons.